The molecule has 2 nitrogen and oxygen atoms in total. The molecule has 1 atom stereocenters. The van der Waals surface area contributed by atoms with Gasteiger partial charge in [0, 0.05) is 0 Å². The SMILES string of the molecule is O=S(O)CC1(F)CCC1. The normalized spacial score (nSPS) is 26.9. The van der Waals surface area contributed by atoms with Crippen LogP contribution in [0.1, 0.15) is 19.3 Å². The van der Waals surface area contributed by atoms with Crippen LogP contribution in [-0.4, -0.2) is 20.2 Å². The van der Waals surface area contributed by atoms with E-state index in [0.717, 1.165) is 6.42 Å². The molecule has 0 amide bonds. The summed E-state index contributed by atoms with van der Waals surface area (Å²) in [5.74, 6) is -0.201. The summed E-state index contributed by atoms with van der Waals surface area (Å²) in [6.45, 7) is 0. The van der Waals surface area contributed by atoms with Crippen molar-refractivity contribution in [3.63, 3.8) is 0 Å². The van der Waals surface area contributed by atoms with Crippen LogP contribution in [0, 0.1) is 0 Å². The van der Waals surface area contributed by atoms with Gasteiger partial charge in [0.05, 0.1) is 5.75 Å². The van der Waals surface area contributed by atoms with Gasteiger partial charge in [-0.05, 0) is 19.3 Å². The fraction of sp³-hybridized carbons (Fsp3) is 1.00. The maximum atomic E-state index is 12.8. The fourth-order valence-corrected chi connectivity index (χ4v) is 1.66. The van der Waals surface area contributed by atoms with E-state index in [1.165, 1.54) is 0 Å². The monoisotopic (exact) mass is 152 g/mol. The molecule has 0 aromatic carbocycles. The molecule has 0 aromatic rings. The first-order valence-electron chi connectivity index (χ1n) is 2.89. The lowest BCUT2D eigenvalue weighted by molar-refractivity contribution is 0.0889. The Bertz CT molecular complexity index is 133. The van der Waals surface area contributed by atoms with Gasteiger partial charge in [-0.3, -0.25) is 0 Å². The van der Waals surface area contributed by atoms with Crippen LogP contribution in [0.5, 0.6) is 0 Å². The lowest BCUT2D eigenvalue weighted by Crippen LogP contribution is -2.37. The highest BCUT2D eigenvalue weighted by Gasteiger charge is 2.38. The van der Waals surface area contributed by atoms with Crippen molar-refractivity contribution >= 4 is 11.1 Å². The van der Waals surface area contributed by atoms with Gasteiger partial charge in [0.2, 0.25) is 0 Å². The van der Waals surface area contributed by atoms with Crippen LogP contribution in [0.2, 0.25) is 0 Å². The summed E-state index contributed by atoms with van der Waals surface area (Å²) < 4.78 is 31.2. The summed E-state index contributed by atoms with van der Waals surface area (Å²) in [6, 6.07) is 0. The fourth-order valence-electron chi connectivity index (χ4n) is 0.926. The quantitative estimate of drug-likeness (QED) is 0.601. The van der Waals surface area contributed by atoms with Crippen molar-refractivity contribution in [1.82, 2.24) is 0 Å². The first-order valence-corrected chi connectivity index (χ1v) is 4.16. The van der Waals surface area contributed by atoms with E-state index in [4.69, 9.17) is 4.55 Å². The highest BCUT2D eigenvalue weighted by atomic mass is 32.2. The lowest BCUT2D eigenvalue weighted by atomic mass is 9.84. The van der Waals surface area contributed by atoms with Gasteiger partial charge in [0.25, 0.3) is 0 Å². The third kappa shape index (κ3) is 1.72. The number of rotatable bonds is 2. The minimum atomic E-state index is -1.96. The molecular formula is C5H9FO2S. The molecule has 1 aliphatic carbocycles. The van der Waals surface area contributed by atoms with E-state index < -0.39 is 16.7 Å². The topological polar surface area (TPSA) is 37.3 Å². The van der Waals surface area contributed by atoms with E-state index in [9.17, 15) is 8.60 Å². The second kappa shape index (κ2) is 2.34. The molecule has 0 bridgehead atoms. The van der Waals surface area contributed by atoms with Gasteiger partial charge in [-0.2, -0.15) is 0 Å². The first kappa shape index (κ1) is 7.15. The van der Waals surface area contributed by atoms with Crippen molar-refractivity contribution in [2.75, 3.05) is 5.75 Å². The molecule has 0 aromatic heterocycles. The largest absolute Gasteiger partial charge is 0.306 e. The molecule has 0 spiro atoms. The number of halogens is 1. The number of alkyl halides is 1. The summed E-state index contributed by atoms with van der Waals surface area (Å²) in [7, 11) is 0. The van der Waals surface area contributed by atoms with Crippen LogP contribution in [0.4, 0.5) is 4.39 Å². The van der Waals surface area contributed by atoms with E-state index in [1.807, 2.05) is 0 Å². The van der Waals surface area contributed by atoms with Gasteiger partial charge in [-0.25, -0.2) is 8.60 Å². The van der Waals surface area contributed by atoms with Crippen LogP contribution in [0.25, 0.3) is 0 Å². The zero-order valence-corrected chi connectivity index (χ0v) is 5.79. The van der Waals surface area contributed by atoms with Gasteiger partial charge >= 0.3 is 0 Å². The Kier molecular flexibility index (Phi) is 1.86. The Balaban J connectivity index is 2.33. The summed E-state index contributed by atoms with van der Waals surface area (Å²) in [5.41, 5.74) is -1.31. The predicted octanol–water partition coefficient (Wildman–Crippen LogP) is 1.10. The summed E-state index contributed by atoms with van der Waals surface area (Å²) in [4.78, 5) is 0. The predicted molar refractivity (Wildman–Crippen MR) is 33.3 cm³/mol. The first-order chi connectivity index (χ1) is 4.12. The van der Waals surface area contributed by atoms with Crippen LogP contribution >= 0.6 is 0 Å². The summed E-state index contributed by atoms with van der Waals surface area (Å²) in [6.07, 6.45) is 1.77. The number of hydrogen-bond donors (Lipinski definition) is 1. The number of hydrogen-bond acceptors (Lipinski definition) is 1. The van der Waals surface area contributed by atoms with Crippen LogP contribution < -0.4 is 0 Å². The standard InChI is InChI=1S/C5H9FO2S/c6-5(2-1-3-5)4-9(7)8/h1-4H2,(H,7,8). The smallest absolute Gasteiger partial charge is 0.156 e. The van der Waals surface area contributed by atoms with Crippen LogP contribution in [0.15, 0.2) is 0 Å². The molecule has 1 fully saturated rings. The highest BCUT2D eigenvalue weighted by molar-refractivity contribution is 7.79. The Morgan fingerprint density at radius 2 is 2.22 bits per heavy atom. The third-order valence-electron chi connectivity index (χ3n) is 1.63. The molecule has 1 saturated carbocycles. The Morgan fingerprint density at radius 1 is 1.67 bits per heavy atom. The Labute approximate surface area is 55.7 Å². The molecular weight excluding hydrogens is 143 g/mol. The second-order valence-electron chi connectivity index (χ2n) is 2.47. The zero-order chi connectivity index (χ0) is 6.91. The molecule has 4 heteroatoms. The molecule has 9 heavy (non-hydrogen) atoms. The average molecular weight is 152 g/mol. The van der Waals surface area contributed by atoms with Crippen molar-refractivity contribution in [1.29, 1.82) is 0 Å². The van der Waals surface area contributed by atoms with Crippen LogP contribution in [0.3, 0.4) is 0 Å². The summed E-state index contributed by atoms with van der Waals surface area (Å²) >= 11 is -1.96. The van der Waals surface area contributed by atoms with E-state index in [-0.39, 0.29) is 5.75 Å². The summed E-state index contributed by atoms with van der Waals surface area (Å²) in [5, 5.41) is 0. The van der Waals surface area contributed by atoms with Crippen molar-refractivity contribution < 1.29 is 13.2 Å². The average Bonchev–Trinajstić information content (AvgIpc) is 1.60. The van der Waals surface area contributed by atoms with Crippen molar-refractivity contribution in [3.8, 4) is 0 Å². The molecule has 1 aliphatic rings. The molecule has 54 valence electrons. The van der Waals surface area contributed by atoms with Gasteiger partial charge in [0.15, 0.2) is 11.1 Å². The van der Waals surface area contributed by atoms with Gasteiger partial charge in [-0.15, -0.1) is 0 Å². The lowest BCUT2D eigenvalue weighted by Gasteiger charge is -2.32. The maximum absolute atomic E-state index is 12.8. The molecule has 0 heterocycles. The van der Waals surface area contributed by atoms with E-state index in [1.54, 1.807) is 0 Å². The van der Waals surface area contributed by atoms with E-state index in [0.29, 0.717) is 12.8 Å². The Hall–Kier alpha value is 0.0400. The van der Waals surface area contributed by atoms with Gasteiger partial charge in [0.1, 0.15) is 5.67 Å². The minimum absolute atomic E-state index is 0.201. The van der Waals surface area contributed by atoms with Crippen molar-refractivity contribution in [2.24, 2.45) is 0 Å². The molecule has 1 N–H and O–H groups in total. The Morgan fingerprint density at radius 3 is 2.33 bits per heavy atom. The second-order valence-corrected chi connectivity index (χ2v) is 3.40. The van der Waals surface area contributed by atoms with E-state index in [2.05, 4.69) is 0 Å². The van der Waals surface area contributed by atoms with Crippen molar-refractivity contribution in [2.45, 2.75) is 24.9 Å². The van der Waals surface area contributed by atoms with E-state index >= 15 is 0 Å². The van der Waals surface area contributed by atoms with Gasteiger partial charge in [-0.1, -0.05) is 0 Å². The maximum Gasteiger partial charge on any atom is 0.156 e. The van der Waals surface area contributed by atoms with Crippen molar-refractivity contribution in [3.05, 3.63) is 0 Å². The highest BCUT2D eigenvalue weighted by Crippen LogP contribution is 2.35. The molecule has 1 unspecified atom stereocenters. The minimum Gasteiger partial charge on any atom is -0.306 e. The molecule has 1 rings (SSSR count). The molecule has 0 radical (unpaired) electrons. The third-order valence-corrected chi connectivity index (χ3v) is 2.40. The van der Waals surface area contributed by atoms with Gasteiger partial charge < -0.3 is 4.55 Å². The van der Waals surface area contributed by atoms with Crippen LogP contribution in [-0.2, 0) is 11.1 Å². The molecule has 0 saturated heterocycles. The molecule has 0 aliphatic heterocycles. The zero-order valence-electron chi connectivity index (χ0n) is 4.97.